The predicted octanol–water partition coefficient (Wildman–Crippen LogP) is 1.56. The average Bonchev–Trinajstić information content (AvgIpc) is 2.95. The molecule has 1 atom stereocenters. The number of methoxy groups -OCH3 is 1. The summed E-state index contributed by atoms with van der Waals surface area (Å²) in [6.45, 7) is 1.54. The van der Waals surface area contributed by atoms with Crippen LogP contribution in [0.5, 0.6) is 5.75 Å². The number of aromatic amines is 1. The maximum atomic E-state index is 11.7. The number of hydrogen-bond acceptors (Lipinski definition) is 4. The number of nitroso groups, excluding NO2 is 1. The van der Waals surface area contributed by atoms with Crippen LogP contribution < -0.4 is 9.30 Å². The summed E-state index contributed by atoms with van der Waals surface area (Å²) >= 11 is 0. The topological polar surface area (TPSA) is 95.6 Å². The van der Waals surface area contributed by atoms with E-state index in [1.165, 1.54) is 24.2 Å². The van der Waals surface area contributed by atoms with Crippen molar-refractivity contribution in [2.24, 2.45) is 5.18 Å². The summed E-state index contributed by atoms with van der Waals surface area (Å²) < 4.78 is 6.45. The van der Waals surface area contributed by atoms with Crippen molar-refractivity contribution < 1.29 is 19.2 Å². The summed E-state index contributed by atoms with van der Waals surface area (Å²) in [4.78, 5) is 24.8. The Morgan fingerprint density at radius 2 is 2.05 bits per heavy atom. The number of H-pyrrole nitrogens is 1. The Labute approximate surface area is 114 Å². The van der Waals surface area contributed by atoms with Gasteiger partial charge >= 0.3 is 5.97 Å². The van der Waals surface area contributed by atoms with Crippen LogP contribution in [0.3, 0.4) is 0 Å². The third kappa shape index (κ3) is 2.13. The lowest BCUT2D eigenvalue weighted by atomic mass is 9.92. The molecule has 0 aliphatic carbocycles. The number of nitrogens with one attached hydrogen (secondary N) is 1. The van der Waals surface area contributed by atoms with E-state index in [9.17, 15) is 14.8 Å². The molecular weight excluding hydrogens is 262 g/mol. The van der Waals surface area contributed by atoms with Gasteiger partial charge in [0, 0.05) is 10.7 Å². The molecule has 0 saturated heterocycles. The molecule has 104 valence electrons. The number of aliphatic carboxylic acids is 1. The van der Waals surface area contributed by atoms with Crippen molar-refractivity contribution in [1.29, 1.82) is 0 Å². The summed E-state index contributed by atoms with van der Waals surface area (Å²) in [5.41, 5.74) is -0.807. The van der Waals surface area contributed by atoms with E-state index in [4.69, 9.17) is 4.74 Å². The van der Waals surface area contributed by atoms with Gasteiger partial charge in [-0.15, -0.1) is 4.91 Å². The van der Waals surface area contributed by atoms with Crippen molar-refractivity contribution in [1.82, 2.24) is 4.98 Å². The van der Waals surface area contributed by atoms with E-state index >= 15 is 0 Å². The first-order valence-corrected chi connectivity index (χ1v) is 5.84. The van der Waals surface area contributed by atoms with E-state index in [2.05, 4.69) is 10.2 Å². The Balaban J connectivity index is 2.52. The zero-order valence-corrected chi connectivity index (χ0v) is 11.0. The molecule has 0 spiro atoms. The van der Waals surface area contributed by atoms with Crippen LogP contribution in [0.4, 0.5) is 5.82 Å². The summed E-state index contributed by atoms with van der Waals surface area (Å²) in [6.07, 6.45) is 2.75. The SMILES string of the molecule is COc1ccc([C@](C)(C(=O)O)[n+]2c[nH]c(N=O)c2)cc1. The van der Waals surface area contributed by atoms with E-state index < -0.39 is 11.5 Å². The monoisotopic (exact) mass is 276 g/mol. The number of aromatic nitrogens is 2. The Kier molecular flexibility index (Phi) is 3.51. The van der Waals surface area contributed by atoms with Crippen LogP contribution in [0.2, 0.25) is 0 Å². The Hall–Kier alpha value is -2.70. The second-order valence-corrected chi connectivity index (χ2v) is 4.39. The fourth-order valence-electron chi connectivity index (χ4n) is 1.95. The van der Waals surface area contributed by atoms with Gasteiger partial charge in [-0.25, -0.2) is 14.3 Å². The van der Waals surface area contributed by atoms with Crippen molar-refractivity contribution in [3.8, 4) is 5.75 Å². The lowest BCUT2D eigenvalue weighted by Gasteiger charge is -2.21. The Morgan fingerprint density at radius 3 is 2.50 bits per heavy atom. The van der Waals surface area contributed by atoms with Gasteiger partial charge in [0.1, 0.15) is 5.75 Å². The number of hydrogen-bond donors (Lipinski definition) is 2. The molecule has 0 bridgehead atoms. The molecule has 0 amide bonds. The summed E-state index contributed by atoms with van der Waals surface area (Å²) in [5, 5.41) is 12.3. The fraction of sp³-hybridized carbons (Fsp3) is 0.231. The minimum atomic E-state index is -1.36. The zero-order chi connectivity index (χ0) is 14.8. The summed E-state index contributed by atoms with van der Waals surface area (Å²) in [7, 11) is 1.54. The van der Waals surface area contributed by atoms with Crippen molar-refractivity contribution >= 4 is 11.8 Å². The number of carboxylic acids is 1. The van der Waals surface area contributed by atoms with E-state index in [1.807, 2.05) is 0 Å². The van der Waals surface area contributed by atoms with Gasteiger partial charge in [-0.3, -0.25) is 0 Å². The third-order valence-corrected chi connectivity index (χ3v) is 3.30. The number of benzene rings is 1. The molecule has 1 aromatic heterocycles. The molecule has 1 heterocycles. The molecule has 0 aliphatic rings. The van der Waals surface area contributed by atoms with Gasteiger partial charge in [0.15, 0.2) is 6.20 Å². The minimum absolute atomic E-state index is 0.0611. The molecule has 2 rings (SSSR count). The number of imidazole rings is 1. The van der Waals surface area contributed by atoms with Gasteiger partial charge in [-0.05, 0) is 19.1 Å². The van der Waals surface area contributed by atoms with E-state index in [-0.39, 0.29) is 5.82 Å². The van der Waals surface area contributed by atoms with Gasteiger partial charge in [0.25, 0.3) is 5.82 Å². The first kappa shape index (κ1) is 13.7. The van der Waals surface area contributed by atoms with Crippen LogP contribution in [-0.2, 0) is 10.3 Å². The molecule has 7 heteroatoms. The van der Waals surface area contributed by atoms with Crippen LogP contribution in [0.15, 0.2) is 42.0 Å². The lowest BCUT2D eigenvalue weighted by molar-refractivity contribution is -0.735. The van der Waals surface area contributed by atoms with E-state index in [0.29, 0.717) is 11.3 Å². The minimum Gasteiger partial charge on any atom is -0.497 e. The van der Waals surface area contributed by atoms with Crippen LogP contribution >= 0.6 is 0 Å². The number of rotatable bonds is 5. The van der Waals surface area contributed by atoms with E-state index in [0.717, 1.165) is 0 Å². The molecule has 0 fully saturated rings. The number of carbonyl (C=O) groups is 1. The first-order valence-electron chi connectivity index (χ1n) is 5.84. The summed E-state index contributed by atoms with van der Waals surface area (Å²) in [6, 6.07) is 6.70. The average molecular weight is 276 g/mol. The molecule has 0 aliphatic heterocycles. The van der Waals surface area contributed by atoms with Crippen LogP contribution in [0.1, 0.15) is 12.5 Å². The Morgan fingerprint density at radius 1 is 1.40 bits per heavy atom. The molecule has 2 aromatic rings. The molecule has 0 saturated carbocycles. The number of ether oxygens (including phenoxy) is 1. The second-order valence-electron chi connectivity index (χ2n) is 4.39. The van der Waals surface area contributed by atoms with Crippen LogP contribution in [-0.4, -0.2) is 23.2 Å². The van der Waals surface area contributed by atoms with Crippen molar-refractivity contribution in [3.05, 3.63) is 47.3 Å². The second kappa shape index (κ2) is 5.12. The highest BCUT2D eigenvalue weighted by atomic mass is 16.5. The maximum absolute atomic E-state index is 11.7. The quantitative estimate of drug-likeness (QED) is 0.639. The smallest absolute Gasteiger partial charge is 0.357 e. The van der Waals surface area contributed by atoms with Gasteiger partial charge < -0.3 is 9.84 Å². The fourth-order valence-corrected chi connectivity index (χ4v) is 1.95. The first-order chi connectivity index (χ1) is 9.52. The number of carboxylic acid groups (broad SMARTS) is 1. The standard InChI is InChI=1S/C13H13N3O4/c1-13(12(17)18,16-7-11(15-19)14-8-16)9-3-5-10(20-2)6-4-9/h3-8H,1-2H3,(H,17,18)/p+1/t13-/m1/s1. The largest absolute Gasteiger partial charge is 0.497 e. The molecule has 0 radical (unpaired) electrons. The molecule has 1 aromatic carbocycles. The molecule has 20 heavy (non-hydrogen) atoms. The molecule has 7 nitrogen and oxygen atoms in total. The maximum Gasteiger partial charge on any atom is 0.357 e. The highest BCUT2D eigenvalue weighted by molar-refractivity contribution is 5.78. The van der Waals surface area contributed by atoms with Crippen molar-refractivity contribution in [2.45, 2.75) is 12.5 Å². The highest BCUT2D eigenvalue weighted by Crippen LogP contribution is 2.24. The van der Waals surface area contributed by atoms with E-state index in [1.54, 1.807) is 31.2 Å². The van der Waals surface area contributed by atoms with Gasteiger partial charge in [0.2, 0.25) is 11.9 Å². The zero-order valence-electron chi connectivity index (χ0n) is 11.0. The lowest BCUT2D eigenvalue weighted by Crippen LogP contribution is -2.58. The third-order valence-electron chi connectivity index (χ3n) is 3.30. The molecule has 2 N–H and O–H groups in total. The number of nitrogens with zero attached hydrogens (tertiary/aromatic N) is 2. The predicted molar refractivity (Wildman–Crippen MR) is 69.8 cm³/mol. The molecular formula is C13H14N3O4+. The van der Waals surface area contributed by atoms with Gasteiger partial charge in [-0.1, -0.05) is 12.1 Å². The highest BCUT2D eigenvalue weighted by Gasteiger charge is 2.42. The van der Waals surface area contributed by atoms with Crippen LogP contribution in [0, 0.1) is 4.91 Å². The normalized spacial score (nSPS) is 13.5. The van der Waals surface area contributed by atoms with Crippen molar-refractivity contribution in [2.75, 3.05) is 7.11 Å². The van der Waals surface area contributed by atoms with Crippen molar-refractivity contribution in [3.63, 3.8) is 0 Å². The van der Waals surface area contributed by atoms with Crippen LogP contribution in [0.25, 0.3) is 0 Å². The van der Waals surface area contributed by atoms with Gasteiger partial charge in [0.05, 0.1) is 7.11 Å². The van der Waals surface area contributed by atoms with Gasteiger partial charge in [-0.2, -0.15) is 0 Å². The summed E-state index contributed by atoms with van der Waals surface area (Å²) in [5.74, 6) is -0.356. The Bertz CT molecular complexity index is 635. The molecule has 0 unspecified atom stereocenters.